The zero-order valence-electron chi connectivity index (χ0n) is 13.9. The zero-order valence-corrected chi connectivity index (χ0v) is 14.8. The van der Waals surface area contributed by atoms with E-state index in [0.717, 1.165) is 31.9 Å². The van der Waals surface area contributed by atoms with Gasteiger partial charge in [-0.2, -0.15) is 0 Å². The molecule has 2 atom stereocenters. The third-order valence-corrected chi connectivity index (χ3v) is 6.51. The Morgan fingerprint density at radius 2 is 1.76 bits per heavy atom. The average Bonchev–Trinajstić information content (AvgIpc) is 3.35. The molecule has 0 amide bonds. The Morgan fingerprint density at radius 3 is 2.48 bits per heavy atom. The number of nitrogens with zero attached hydrogens (tertiary/aromatic N) is 3. The van der Waals surface area contributed by atoms with Gasteiger partial charge in [-0.3, -0.25) is 13.5 Å². The first kappa shape index (κ1) is 15.5. The molecule has 3 aliphatic heterocycles. The first-order chi connectivity index (χ1) is 12.3. The second-order valence-corrected chi connectivity index (χ2v) is 7.88. The lowest BCUT2D eigenvalue weighted by Gasteiger charge is -2.29. The number of nitrogens with one attached hydrogen (secondary N) is 1. The van der Waals surface area contributed by atoms with E-state index in [9.17, 15) is 4.39 Å². The van der Waals surface area contributed by atoms with Crippen molar-refractivity contribution in [3.05, 3.63) is 54.3 Å². The summed E-state index contributed by atoms with van der Waals surface area (Å²) in [6.45, 7) is 4.27. The lowest BCUT2D eigenvalue weighted by Crippen LogP contribution is -2.45. The van der Waals surface area contributed by atoms with Crippen molar-refractivity contribution < 1.29 is 4.39 Å². The first-order valence-corrected chi connectivity index (χ1v) is 9.59. The standard InChI is InChI=1S/C19H21FN4S/c20-16-5-1-2-6-17(16)24-19-8-4-3-7-18(19)23(25-24)10-9-22-13-14-11-15(22)12-21-14/h1-8,14-15,21H,9-13H2/t14-,15-/m0/s1. The van der Waals surface area contributed by atoms with Crippen molar-refractivity contribution in [3.8, 4) is 0 Å². The van der Waals surface area contributed by atoms with Crippen molar-refractivity contribution >= 4 is 29.2 Å². The summed E-state index contributed by atoms with van der Waals surface area (Å²) in [7, 11) is 0. The number of fused-ring (bicyclic) bond motifs is 3. The van der Waals surface area contributed by atoms with E-state index in [4.69, 9.17) is 0 Å². The highest BCUT2D eigenvalue weighted by molar-refractivity contribution is 8.02. The van der Waals surface area contributed by atoms with E-state index >= 15 is 0 Å². The van der Waals surface area contributed by atoms with Gasteiger partial charge in [0.2, 0.25) is 0 Å². The highest BCUT2D eigenvalue weighted by Gasteiger charge is 2.38. The van der Waals surface area contributed by atoms with Crippen LogP contribution in [0.5, 0.6) is 0 Å². The predicted molar refractivity (Wildman–Crippen MR) is 102 cm³/mol. The third-order valence-electron chi connectivity index (χ3n) is 5.38. The van der Waals surface area contributed by atoms with Gasteiger partial charge in [-0.05, 0) is 30.7 Å². The van der Waals surface area contributed by atoms with Crippen LogP contribution in [0.25, 0.3) is 0 Å². The van der Waals surface area contributed by atoms with Gasteiger partial charge < -0.3 is 5.32 Å². The Balaban J connectivity index is 1.36. The van der Waals surface area contributed by atoms with Gasteiger partial charge in [-0.25, -0.2) is 4.39 Å². The molecule has 0 aliphatic carbocycles. The quantitative estimate of drug-likeness (QED) is 0.846. The first-order valence-electron chi connectivity index (χ1n) is 8.86. The fourth-order valence-corrected chi connectivity index (χ4v) is 5.21. The molecule has 5 rings (SSSR count). The van der Waals surface area contributed by atoms with Gasteiger partial charge in [-0.15, -0.1) is 0 Å². The maximum Gasteiger partial charge on any atom is 0.147 e. The second kappa shape index (κ2) is 6.20. The fourth-order valence-electron chi connectivity index (χ4n) is 4.13. The van der Waals surface area contributed by atoms with Crippen LogP contribution < -0.4 is 13.9 Å². The minimum Gasteiger partial charge on any atom is -0.311 e. The van der Waals surface area contributed by atoms with Crippen LogP contribution in [0, 0.1) is 5.82 Å². The van der Waals surface area contributed by atoms with Crippen LogP contribution >= 0.6 is 12.1 Å². The van der Waals surface area contributed by atoms with Gasteiger partial charge >= 0.3 is 0 Å². The molecule has 2 fully saturated rings. The molecule has 2 aromatic rings. The van der Waals surface area contributed by atoms with Crippen LogP contribution in [0.3, 0.4) is 0 Å². The zero-order chi connectivity index (χ0) is 16.8. The fraction of sp³-hybridized carbons (Fsp3) is 0.368. The summed E-state index contributed by atoms with van der Waals surface area (Å²) in [6, 6.07) is 16.6. The average molecular weight is 356 g/mol. The van der Waals surface area contributed by atoms with Gasteiger partial charge in [0, 0.05) is 38.3 Å². The summed E-state index contributed by atoms with van der Waals surface area (Å²) in [5.74, 6) is -0.186. The van der Waals surface area contributed by atoms with E-state index in [1.807, 2.05) is 22.5 Å². The molecule has 130 valence electrons. The number of benzene rings is 2. The minimum atomic E-state index is -0.186. The van der Waals surface area contributed by atoms with E-state index in [2.05, 4.69) is 32.7 Å². The van der Waals surface area contributed by atoms with Gasteiger partial charge in [0.1, 0.15) is 5.82 Å². The molecule has 0 spiro atoms. The van der Waals surface area contributed by atoms with E-state index < -0.39 is 0 Å². The monoisotopic (exact) mass is 356 g/mol. The SMILES string of the molecule is Fc1ccccc1N1SN(CCN2C[C@@H]3C[C@H]2CN3)c2ccccc21. The molecule has 6 heteroatoms. The van der Waals surface area contributed by atoms with Crippen molar-refractivity contribution in [3.63, 3.8) is 0 Å². The molecule has 3 heterocycles. The molecule has 1 N–H and O–H groups in total. The summed E-state index contributed by atoms with van der Waals surface area (Å²) in [4.78, 5) is 2.59. The number of rotatable bonds is 4. The van der Waals surface area contributed by atoms with Crippen molar-refractivity contribution in [2.75, 3.05) is 34.8 Å². The minimum absolute atomic E-state index is 0.186. The summed E-state index contributed by atoms with van der Waals surface area (Å²) in [6.07, 6.45) is 1.28. The second-order valence-electron chi connectivity index (χ2n) is 6.91. The number of likely N-dealkylation sites (tertiary alicyclic amines) is 1. The Labute approximate surface area is 151 Å². The van der Waals surface area contributed by atoms with Gasteiger partial charge in [-0.1, -0.05) is 24.3 Å². The number of anilines is 3. The molecule has 2 bridgehead atoms. The van der Waals surface area contributed by atoms with Crippen molar-refractivity contribution in [1.82, 2.24) is 10.2 Å². The Bertz CT molecular complexity index is 786. The van der Waals surface area contributed by atoms with Crippen LogP contribution in [-0.2, 0) is 0 Å². The number of halogens is 1. The maximum atomic E-state index is 14.3. The molecule has 4 nitrogen and oxygen atoms in total. The topological polar surface area (TPSA) is 21.8 Å². The Kier molecular flexibility index (Phi) is 3.84. The van der Waals surface area contributed by atoms with Gasteiger partial charge in [0.25, 0.3) is 0 Å². The summed E-state index contributed by atoms with van der Waals surface area (Å²) < 4.78 is 18.6. The summed E-state index contributed by atoms with van der Waals surface area (Å²) in [5, 5.41) is 3.55. The normalized spacial score (nSPS) is 25.0. The lowest BCUT2D eigenvalue weighted by molar-refractivity contribution is 0.233. The molecule has 3 aliphatic rings. The van der Waals surface area contributed by atoms with Crippen molar-refractivity contribution in [1.29, 1.82) is 0 Å². The molecular weight excluding hydrogens is 335 g/mol. The number of para-hydroxylation sites is 3. The molecule has 0 saturated carbocycles. The van der Waals surface area contributed by atoms with E-state index in [1.54, 1.807) is 18.2 Å². The van der Waals surface area contributed by atoms with E-state index in [-0.39, 0.29) is 5.82 Å². The van der Waals surface area contributed by atoms with Gasteiger partial charge in [0.05, 0.1) is 29.2 Å². The molecule has 2 saturated heterocycles. The van der Waals surface area contributed by atoms with Crippen molar-refractivity contribution in [2.45, 2.75) is 18.5 Å². The molecule has 0 radical (unpaired) electrons. The van der Waals surface area contributed by atoms with Crippen LogP contribution in [0.15, 0.2) is 48.5 Å². The highest BCUT2D eigenvalue weighted by atomic mass is 32.2. The van der Waals surface area contributed by atoms with E-state index in [1.165, 1.54) is 18.2 Å². The van der Waals surface area contributed by atoms with Crippen LogP contribution in [0.1, 0.15) is 6.42 Å². The molecular formula is C19H21FN4S. The number of hydrogen-bond acceptors (Lipinski definition) is 5. The van der Waals surface area contributed by atoms with E-state index in [0.29, 0.717) is 17.8 Å². The third kappa shape index (κ3) is 2.69. The largest absolute Gasteiger partial charge is 0.311 e. The maximum absolute atomic E-state index is 14.3. The molecule has 0 aromatic heterocycles. The lowest BCUT2D eigenvalue weighted by atomic mass is 10.2. The smallest absolute Gasteiger partial charge is 0.147 e. The van der Waals surface area contributed by atoms with Crippen LogP contribution in [-0.4, -0.2) is 43.2 Å². The number of piperazine rings is 1. The summed E-state index contributed by atoms with van der Waals surface area (Å²) in [5.41, 5.74) is 2.84. The van der Waals surface area contributed by atoms with Crippen LogP contribution in [0.4, 0.5) is 21.5 Å². The summed E-state index contributed by atoms with van der Waals surface area (Å²) >= 11 is 1.59. The highest BCUT2D eigenvalue weighted by Crippen LogP contribution is 2.49. The Morgan fingerprint density at radius 1 is 1.00 bits per heavy atom. The molecule has 2 aromatic carbocycles. The Hall–Kier alpha value is -1.76. The predicted octanol–water partition coefficient (Wildman–Crippen LogP) is 3.39. The molecule has 0 unspecified atom stereocenters. The number of hydrogen-bond donors (Lipinski definition) is 1. The molecule has 25 heavy (non-hydrogen) atoms. The van der Waals surface area contributed by atoms with Crippen molar-refractivity contribution in [2.24, 2.45) is 0 Å². The van der Waals surface area contributed by atoms with Crippen LogP contribution in [0.2, 0.25) is 0 Å². The van der Waals surface area contributed by atoms with Gasteiger partial charge in [0.15, 0.2) is 0 Å².